The van der Waals surface area contributed by atoms with E-state index in [4.69, 9.17) is 9.90 Å². The summed E-state index contributed by atoms with van der Waals surface area (Å²) in [5, 5.41) is 11.1. The van der Waals surface area contributed by atoms with Gasteiger partial charge in [0.05, 0.1) is 0 Å². The van der Waals surface area contributed by atoms with Crippen LogP contribution in [0, 0.1) is 0 Å². The van der Waals surface area contributed by atoms with E-state index in [1.165, 1.54) is 17.5 Å². The molecular weight excluding hydrogens is 356 g/mol. The Labute approximate surface area is 161 Å². The molecule has 1 aromatic carbocycles. The van der Waals surface area contributed by atoms with E-state index in [0.717, 1.165) is 25.9 Å². The normalized spacial score (nSPS) is 16.5. The lowest BCUT2D eigenvalue weighted by molar-refractivity contribution is -0.122. The Balaban J connectivity index is 0.000000604. The van der Waals surface area contributed by atoms with Gasteiger partial charge in [0.25, 0.3) is 12.4 Å². The zero-order chi connectivity index (χ0) is 19.6. The van der Waals surface area contributed by atoms with Gasteiger partial charge in [-0.1, -0.05) is 42.5 Å². The van der Waals surface area contributed by atoms with E-state index >= 15 is 0 Å². The fourth-order valence-electron chi connectivity index (χ4n) is 4.15. The lowest BCUT2D eigenvalue weighted by Gasteiger charge is -2.39. The number of hydrogen-bond donors (Lipinski definition) is 1. The van der Waals surface area contributed by atoms with E-state index in [0.29, 0.717) is 11.3 Å². The highest BCUT2D eigenvalue weighted by Gasteiger charge is 2.39. The minimum absolute atomic E-state index is 0.0289. The molecule has 5 rings (SSSR count). The zero-order valence-corrected chi connectivity index (χ0v) is 15.2. The van der Waals surface area contributed by atoms with Crippen molar-refractivity contribution >= 4 is 24.1 Å². The number of aromatic nitrogens is 3. The Kier molecular flexibility index (Phi) is 4.65. The maximum atomic E-state index is 13.0. The average molecular weight is 376 g/mol. The highest BCUT2D eigenvalue weighted by atomic mass is 16.3. The molecule has 0 radical (unpaired) electrons. The second-order valence-electron chi connectivity index (χ2n) is 6.92. The molecule has 142 valence electrons. The molecule has 1 aliphatic carbocycles. The van der Waals surface area contributed by atoms with Gasteiger partial charge in [0, 0.05) is 18.5 Å². The van der Waals surface area contributed by atoms with Crippen molar-refractivity contribution in [1.29, 1.82) is 0 Å². The summed E-state index contributed by atoms with van der Waals surface area (Å²) < 4.78 is 1.62. The van der Waals surface area contributed by atoms with E-state index < -0.39 is 0 Å². The first-order valence-corrected chi connectivity index (χ1v) is 9.13. The van der Waals surface area contributed by atoms with Gasteiger partial charge in [-0.25, -0.2) is 9.50 Å². The molecule has 0 bridgehead atoms. The van der Waals surface area contributed by atoms with Crippen LogP contribution >= 0.6 is 0 Å². The quantitative estimate of drug-likeness (QED) is 0.660. The number of amides is 1. The molecule has 1 N–H and O–H groups in total. The molecule has 2 aromatic heterocycles. The van der Waals surface area contributed by atoms with Gasteiger partial charge < -0.3 is 10.0 Å². The van der Waals surface area contributed by atoms with Crippen molar-refractivity contribution in [2.45, 2.75) is 18.3 Å². The van der Waals surface area contributed by atoms with Crippen LogP contribution in [0.2, 0.25) is 0 Å². The lowest BCUT2D eigenvalue weighted by atomic mass is 9.74. The number of hydrogen-bond acceptors (Lipinski definition) is 4. The van der Waals surface area contributed by atoms with Crippen LogP contribution in [0.15, 0.2) is 54.9 Å². The summed E-state index contributed by atoms with van der Waals surface area (Å²) in [6.45, 7) is 1.26. The van der Waals surface area contributed by atoms with Gasteiger partial charge in [-0.15, -0.1) is 0 Å². The number of benzene rings is 1. The number of carbonyl (C=O) groups is 2. The first kappa shape index (κ1) is 17.9. The number of piperidine rings is 1. The van der Waals surface area contributed by atoms with Gasteiger partial charge in [-0.05, 0) is 36.1 Å². The molecular formula is C21H20N4O3. The van der Waals surface area contributed by atoms with Crippen LogP contribution in [0.1, 0.15) is 34.5 Å². The number of nitrogens with zero attached hydrogens (tertiary/aromatic N) is 4. The third kappa shape index (κ3) is 2.94. The standard InChI is InChI=1S/C20H18N4O.CH2O2/c25-19(17-6-3-7-18-21-14-22-24(17)18)23-12-10-20(11-13-23)9-8-15-4-1-2-5-16(15)20;2-1-3/h1-9,14H,10-13H2;1H,(H,2,3). The first-order chi connectivity index (χ1) is 13.7. The van der Waals surface area contributed by atoms with Gasteiger partial charge in [0.2, 0.25) is 0 Å². The molecule has 1 saturated heterocycles. The fourth-order valence-corrected chi connectivity index (χ4v) is 4.15. The summed E-state index contributed by atoms with van der Waals surface area (Å²) in [6.07, 6.45) is 7.96. The van der Waals surface area contributed by atoms with E-state index in [9.17, 15) is 4.79 Å². The molecule has 1 aliphatic heterocycles. The molecule has 0 saturated carbocycles. The number of fused-ring (bicyclic) bond motifs is 3. The van der Waals surface area contributed by atoms with Gasteiger partial charge >= 0.3 is 0 Å². The van der Waals surface area contributed by atoms with Crippen LogP contribution in [-0.2, 0) is 10.2 Å². The van der Waals surface area contributed by atoms with Gasteiger partial charge in [-0.3, -0.25) is 9.59 Å². The van der Waals surface area contributed by atoms with Gasteiger partial charge in [0.15, 0.2) is 5.65 Å². The summed E-state index contributed by atoms with van der Waals surface area (Å²) >= 11 is 0. The zero-order valence-electron chi connectivity index (χ0n) is 15.2. The van der Waals surface area contributed by atoms with Crippen molar-refractivity contribution in [3.05, 3.63) is 71.7 Å². The summed E-state index contributed by atoms with van der Waals surface area (Å²) in [5.74, 6) is 0.0289. The van der Waals surface area contributed by atoms with Crippen molar-refractivity contribution in [2.75, 3.05) is 13.1 Å². The molecule has 1 amide bonds. The fraction of sp³-hybridized carbons (Fsp3) is 0.238. The predicted octanol–water partition coefficient (Wildman–Crippen LogP) is 2.63. The number of carboxylic acid groups (broad SMARTS) is 1. The number of rotatable bonds is 1. The average Bonchev–Trinajstić information content (AvgIpc) is 3.34. The smallest absolute Gasteiger partial charge is 0.290 e. The van der Waals surface area contributed by atoms with E-state index in [2.05, 4.69) is 46.5 Å². The maximum Gasteiger partial charge on any atom is 0.290 e. The Morgan fingerprint density at radius 2 is 1.86 bits per heavy atom. The minimum Gasteiger partial charge on any atom is -0.483 e. The number of carbonyl (C=O) groups excluding carboxylic acids is 1. The first-order valence-electron chi connectivity index (χ1n) is 9.13. The van der Waals surface area contributed by atoms with Crippen molar-refractivity contribution in [2.24, 2.45) is 0 Å². The molecule has 1 spiro atoms. The van der Waals surface area contributed by atoms with Crippen LogP contribution < -0.4 is 0 Å². The largest absolute Gasteiger partial charge is 0.483 e. The summed E-state index contributed by atoms with van der Waals surface area (Å²) in [5.41, 5.74) is 4.09. The maximum absolute atomic E-state index is 13.0. The summed E-state index contributed by atoms with van der Waals surface area (Å²) in [7, 11) is 0. The molecule has 0 atom stereocenters. The Bertz CT molecular complexity index is 1050. The van der Waals surface area contributed by atoms with Crippen molar-refractivity contribution in [3.63, 3.8) is 0 Å². The van der Waals surface area contributed by atoms with E-state index in [-0.39, 0.29) is 17.8 Å². The minimum atomic E-state index is -0.250. The Morgan fingerprint density at radius 1 is 1.11 bits per heavy atom. The second-order valence-corrected chi connectivity index (χ2v) is 6.92. The molecule has 7 nitrogen and oxygen atoms in total. The number of likely N-dealkylation sites (tertiary alicyclic amines) is 1. The summed E-state index contributed by atoms with van der Waals surface area (Å²) in [6, 6.07) is 14.1. The van der Waals surface area contributed by atoms with Gasteiger partial charge in [-0.2, -0.15) is 5.10 Å². The summed E-state index contributed by atoms with van der Waals surface area (Å²) in [4.78, 5) is 27.4. The third-order valence-electron chi connectivity index (χ3n) is 5.54. The molecule has 3 heterocycles. The van der Waals surface area contributed by atoms with Crippen molar-refractivity contribution < 1.29 is 14.7 Å². The van der Waals surface area contributed by atoms with E-state index in [1.807, 2.05) is 23.1 Å². The number of allylic oxidation sites excluding steroid dienone is 1. The van der Waals surface area contributed by atoms with Crippen LogP contribution in [0.5, 0.6) is 0 Å². The monoisotopic (exact) mass is 376 g/mol. The molecule has 1 fully saturated rings. The number of pyridine rings is 1. The van der Waals surface area contributed by atoms with Gasteiger partial charge in [0.1, 0.15) is 12.0 Å². The highest BCUT2D eigenvalue weighted by molar-refractivity contribution is 5.93. The Hall–Kier alpha value is -3.48. The molecule has 7 heteroatoms. The van der Waals surface area contributed by atoms with Crippen LogP contribution in [-0.4, -0.2) is 50.1 Å². The topological polar surface area (TPSA) is 87.8 Å². The molecule has 0 unspecified atom stereocenters. The highest BCUT2D eigenvalue weighted by Crippen LogP contribution is 2.43. The van der Waals surface area contributed by atoms with Crippen LogP contribution in [0.4, 0.5) is 0 Å². The Morgan fingerprint density at radius 3 is 2.64 bits per heavy atom. The third-order valence-corrected chi connectivity index (χ3v) is 5.54. The van der Waals surface area contributed by atoms with Crippen molar-refractivity contribution in [3.8, 4) is 0 Å². The molecule has 28 heavy (non-hydrogen) atoms. The van der Waals surface area contributed by atoms with Crippen LogP contribution in [0.3, 0.4) is 0 Å². The molecule has 2 aliphatic rings. The van der Waals surface area contributed by atoms with E-state index in [1.54, 1.807) is 4.52 Å². The lowest BCUT2D eigenvalue weighted by Crippen LogP contribution is -2.44. The predicted molar refractivity (Wildman–Crippen MR) is 104 cm³/mol. The van der Waals surface area contributed by atoms with Crippen molar-refractivity contribution in [1.82, 2.24) is 19.5 Å². The van der Waals surface area contributed by atoms with Crippen LogP contribution in [0.25, 0.3) is 11.7 Å². The SMILES string of the molecule is O=C(c1cccc2ncnn12)N1CCC2(C=Cc3ccccc32)CC1.O=CO. The second kappa shape index (κ2) is 7.26. The molecule has 3 aromatic rings.